The van der Waals surface area contributed by atoms with Gasteiger partial charge < -0.3 is 5.32 Å². The molecule has 2 rings (SSSR count). The van der Waals surface area contributed by atoms with Gasteiger partial charge in [0.15, 0.2) is 0 Å². The first-order valence-corrected chi connectivity index (χ1v) is 7.40. The van der Waals surface area contributed by atoms with Gasteiger partial charge in [0.05, 0.1) is 6.04 Å². The molecule has 0 spiro atoms. The highest BCUT2D eigenvalue weighted by Gasteiger charge is 2.39. The van der Waals surface area contributed by atoms with Crippen LogP contribution in [-0.4, -0.2) is 29.9 Å². The molecule has 1 fully saturated rings. The van der Waals surface area contributed by atoms with E-state index in [-0.39, 0.29) is 22.8 Å². The van der Waals surface area contributed by atoms with E-state index in [0.717, 1.165) is 31.6 Å². The lowest BCUT2D eigenvalue weighted by Crippen LogP contribution is -2.41. The minimum atomic E-state index is -0.0158. The molecular formula is C16H28N2O. The summed E-state index contributed by atoms with van der Waals surface area (Å²) in [4.78, 5) is 14.8. The van der Waals surface area contributed by atoms with Gasteiger partial charge in [-0.3, -0.25) is 9.69 Å². The van der Waals surface area contributed by atoms with E-state index in [1.165, 1.54) is 5.57 Å². The third kappa shape index (κ3) is 2.86. The number of allylic oxidation sites excluding steroid dienone is 1. The number of rotatable bonds is 0. The molecule has 0 saturated carbocycles. The Kier molecular flexibility index (Phi) is 3.54. The Hall–Kier alpha value is -0.830. The molecule has 0 aliphatic carbocycles. The SMILES string of the molecule is CC(C)(C)C1=C(C(C)(C)C)NC(=O)[C@H]2CCCN2C1. The minimum Gasteiger partial charge on any atom is -0.328 e. The van der Waals surface area contributed by atoms with Gasteiger partial charge in [0.25, 0.3) is 0 Å². The number of carbonyl (C=O) groups excluding carboxylic acids is 1. The van der Waals surface area contributed by atoms with Gasteiger partial charge in [-0.2, -0.15) is 0 Å². The smallest absolute Gasteiger partial charge is 0.241 e. The van der Waals surface area contributed by atoms with Crippen molar-refractivity contribution < 1.29 is 4.79 Å². The van der Waals surface area contributed by atoms with E-state index >= 15 is 0 Å². The highest BCUT2D eigenvalue weighted by Crippen LogP contribution is 2.38. The summed E-state index contributed by atoms with van der Waals surface area (Å²) in [6.45, 7) is 15.3. The molecule has 0 unspecified atom stereocenters. The normalized spacial score (nSPS) is 26.2. The van der Waals surface area contributed by atoms with E-state index in [4.69, 9.17) is 0 Å². The molecule has 0 aromatic carbocycles. The molecule has 2 heterocycles. The predicted molar refractivity (Wildman–Crippen MR) is 78.7 cm³/mol. The molecule has 1 atom stereocenters. The molecule has 3 heteroatoms. The molecule has 0 aromatic rings. The van der Waals surface area contributed by atoms with Crippen molar-refractivity contribution >= 4 is 5.91 Å². The van der Waals surface area contributed by atoms with Crippen molar-refractivity contribution in [3.8, 4) is 0 Å². The van der Waals surface area contributed by atoms with E-state index in [0.29, 0.717) is 0 Å². The summed E-state index contributed by atoms with van der Waals surface area (Å²) < 4.78 is 0. The third-order valence-corrected chi connectivity index (χ3v) is 4.23. The van der Waals surface area contributed by atoms with Crippen LogP contribution in [0.5, 0.6) is 0 Å². The Labute approximate surface area is 117 Å². The maximum Gasteiger partial charge on any atom is 0.241 e. The molecule has 2 aliphatic rings. The van der Waals surface area contributed by atoms with E-state index in [2.05, 4.69) is 51.8 Å². The average molecular weight is 264 g/mol. The van der Waals surface area contributed by atoms with Crippen LogP contribution in [0.4, 0.5) is 0 Å². The van der Waals surface area contributed by atoms with E-state index < -0.39 is 0 Å². The number of fused-ring (bicyclic) bond motifs is 1. The summed E-state index contributed by atoms with van der Waals surface area (Å²) in [5.41, 5.74) is 2.60. The first-order valence-electron chi connectivity index (χ1n) is 7.40. The van der Waals surface area contributed by atoms with Crippen LogP contribution in [0.1, 0.15) is 54.4 Å². The first kappa shape index (κ1) is 14.6. The van der Waals surface area contributed by atoms with Gasteiger partial charge in [0, 0.05) is 17.7 Å². The number of hydrogen-bond acceptors (Lipinski definition) is 2. The lowest BCUT2D eigenvalue weighted by Gasteiger charge is -2.33. The molecule has 0 radical (unpaired) electrons. The number of hydrogen-bond donors (Lipinski definition) is 1. The van der Waals surface area contributed by atoms with Crippen molar-refractivity contribution in [2.75, 3.05) is 13.1 Å². The molecule has 108 valence electrons. The maximum absolute atomic E-state index is 12.4. The van der Waals surface area contributed by atoms with Crippen LogP contribution in [0, 0.1) is 10.8 Å². The van der Waals surface area contributed by atoms with Gasteiger partial charge in [0.2, 0.25) is 5.91 Å². The van der Waals surface area contributed by atoms with Gasteiger partial charge in [-0.25, -0.2) is 0 Å². The molecule has 3 nitrogen and oxygen atoms in total. The van der Waals surface area contributed by atoms with Crippen LogP contribution >= 0.6 is 0 Å². The number of amides is 1. The zero-order chi connectivity index (χ0) is 14.4. The molecular weight excluding hydrogens is 236 g/mol. The van der Waals surface area contributed by atoms with Gasteiger partial charge in [-0.1, -0.05) is 41.5 Å². The lowest BCUT2D eigenvalue weighted by molar-refractivity contribution is -0.124. The number of nitrogens with one attached hydrogen (secondary N) is 1. The molecule has 1 amide bonds. The molecule has 0 bridgehead atoms. The fraction of sp³-hybridized carbons (Fsp3) is 0.812. The Morgan fingerprint density at radius 3 is 2.26 bits per heavy atom. The van der Waals surface area contributed by atoms with E-state index in [1.54, 1.807) is 0 Å². The van der Waals surface area contributed by atoms with Crippen LogP contribution < -0.4 is 5.32 Å². The molecule has 1 N–H and O–H groups in total. The molecule has 1 saturated heterocycles. The van der Waals surface area contributed by atoms with Crippen molar-refractivity contribution in [3.05, 3.63) is 11.3 Å². The molecule has 0 aromatic heterocycles. The quantitative estimate of drug-likeness (QED) is 0.729. The zero-order valence-corrected chi connectivity index (χ0v) is 13.3. The summed E-state index contributed by atoms with van der Waals surface area (Å²) in [6, 6.07) is 0.0807. The van der Waals surface area contributed by atoms with Gasteiger partial charge >= 0.3 is 0 Å². The van der Waals surface area contributed by atoms with Crippen molar-refractivity contribution in [1.82, 2.24) is 10.2 Å². The average Bonchev–Trinajstić information content (AvgIpc) is 2.62. The molecule has 19 heavy (non-hydrogen) atoms. The van der Waals surface area contributed by atoms with Crippen molar-refractivity contribution in [2.24, 2.45) is 10.8 Å². The highest BCUT2D eigenvalue weighted by atomic mass is 16.2. The number of nitrogens with zero attached hydrogens (tertiary/aromatic N) is 1. The van der Waals surface area contributed by atoms with Crippen LogP contribution in [0.3, 0.4) is 0 Å². The topological polar surface area (TPSA) is 32.3 Å². The summed E-state index contributed by atoms with van der Waals surface area (Å²) in [5.74, 6) is 0.196. The standard InChI is InChI=1S/C16H28N2O/c1-15(2,3)11-10-18-9-7-8-12(18)14(19)17-13(11)16(4,5)6/h12H,7-10H2,1-6H3,(H,17,19)/t12-/m1/s1. The minimum absolute atomic E-state index is 0.0158. The monoisotopic (exact) mass is 264 g/mol. The maximum atomic E-state index is 12.4. The second-order valence-corrected chi connectivity index (χ2v) is 7.97. The van der Waals surface area contributed by atoms with Gasteiger partial charge in [0.1, 0.15) is 0 Å². The Morgan fingerprint density at radius 1 is 1.11 bits per heavy atom. The number of carbonyl (C=O) groups is 1. The van der Waals surface area contributed by atoms with Gasteiger partial charge in [-0.05, 0) is 30.4 Å². The fourth-order valence-corrected chi connectivity index (χ4v) is 3.13. The Morgan fingerprint density at radius 2 is 1.74 bits per heavy atom. The van der Waals surface area contributed by atoms with Crippen molar-refractivity contribution in [2.45, 2.75) is 60.4 Å². The summed E-state index contributed by atoms with van der Waals surface area (Å²) >= 11 is 0. The van der Waals surface area contributed by atoms with Crippen molar-refractivity contribution in [3.63, 3.8) is 0 Å². The van der Waals surface area contributed by atoms with Crippen LogP contribution in [-0.2, 0) is 4.79 Å². The first-order chi connectivity index (χ1) is 8.60. The van der Waals surface area contributed by atoms with E-state index in [9.17, 15) is 4.79 Å². The van der Waals surface area contributed by atoms with Crippen LogP contribution in [0.25, 0.3) is 0 Å². The highest BCUT2D eigenvalue weighted by molar-refractivity contribution is 5.84. The van der Waals surface area contributed by atoms with Gasteiger partial charge in [-0.15, -0.1) is 0 Å². The Bertz CT molecular complexity index is 409. The predicted octanol–water partition coefficient (Wildman–Crippen LogP) is 2.93. The zero-order valence-electron chi connectivity index (χ0n) is 13.3. The second-order valence-electron chi connectivity index (χ2n) is 7.97. The van der Waals surface area contributed by atoms with Crippen LogP contribution in [0.2, 0.25) is 0 Å². The Balaban J connectivity index is 2.47. The molecule has 2 aliphatic heterocycles. The third-order valence-electron chi connectivity index (χ3n) is 4.23. The van der Waals surface area contributed by atoms with Crippen molar-refractivity contribution in [1.29, 1.82) is 0 Å². The summed E-state index contributed by atoms with van der Waals surface area (Å²) in [7, 11) is 0. The van der Waals surface area contributed by atoms with Crippen LogP contribution in [0.15, 0.2) is 11.3 Å². The fourth-order valence-electron chi connectivity index (χ4n) is 3.13. The summed E-state index contributed by atoms with van der Waals surface area (Å²) in [6.07, 6.45) is 2.14. The lowest BCUT2D eigenvalue weighted by atomic mass is 9.78. The largest absolute Gasteiger partial charge is 0.328 e. The van der Waals surface area contributed by atoms with E-state index in [1.807, 2.05) is 0 Å². The second kappa shape index (κ2) is 4.62. The summed E-state index contributed by atoms with van der Waals surface area (Å²) in [5, 5.41) is 3.25.